The molecule has 5 atom stereocenters. The molecule has 9 nitrogen and oxygen atoms in total. The Morgan fingerprint density at radius 3 is 2.00 bits per heavy atom. The molecule has 0 bridgehead atoms. The average Bonchev–Trinajstić information content (AvgIpc) is 2.80. The molecule has 5 unspecified atom stereocenters. The number of hydrogen-bond donors (Lipinski definition) is 5. The van der Waals surface area contributed by atoms with Crippen LogP contribution in [0, 0.1) is 0 Å². The highest BCUT2D eigenvalue weighted by Gasteiger charge is 2.44. The summed E-state index contributed by atoms with van der Waals surface area (Å²) in [5, 5.41) is 39.2. The highest BCUT2D eigenvalue weighted by atomic mass is 79.9. The Kier molecular flexibility index (Phi) is 6.70. The van der Waals surface area contributed by atoms with Crippen LogP contribution >= 0.6 is 15.9 Å². The lowest BCUT2D eigenvalue weighted by Crippen LogP contribution is -2.60. The Hall–Kier alpha value is -2.60. The van der Waals surface area contributed by atoms with Gasteiger partial charge >= 0.3 is 0 Å². The van der Waals surface area contributed by atoms with Gasteiger partial charge in [0.15, 0.2) is 0 Å². The maximum Gasteiger partial charge on any atom is 0.229 e. The topological polar surface area (TPSA) is 151 Å². The van der Waals surface area contributed by atoms with Gasteiger partial charge in [-0.05, 0) is 42.5 Å². The zero-order valence-corrected chi connectivity index (χ0v) is 18.3. The normalized spacial score (nSPS) is 25.5. The highest BCUT2D eigenvalue weighted by Crippen LogP contribution is 2.29. The van der Waals surface area contributed by atoms with Crippen LogP contribution in [0.3, 0.4) is 0 Å². The molecule has 6 N–H and O–H groups in total. The van der Waals surface area contributed by atoms with Gasteiger partial charge in [-0.25, -0.2) is 9.97 Å². The van der Waals surface area contributed by atoms with Crippen LogP contribution < -0.4 is 10.5 Å². The van der Waals surface area contributed by atoms with Crippen molar-refractivity contribution in [2.45, 2.75) is 30.7 Å². The van der Waals surface area contributed by atoms with Crippen molar-refractivity contribution < 1.29 is 29.9 Å². The molecule has 2 heterocycles. The molecule has 1 aliphatic heterocycles. The molecule has 0 spiro atoms. The quantitative estimate of drug-likeness (QED) is 0.347. The van der Waals surface area contributed by atoms with Crippen molar-refractivity contribution in [1.82, 2.24) is 9.97 Å². The predicted molar refractivity (Wildman–Crippen MR) is 119 cm³/mol. The first-order chi connectivity index (χ1) is 15.4. The van der Waals surface area contributed by atoms with Crippen molar-refractivity contribution in [3.8, 4) is 28.3 Å². The summed E-state index contributed by atoms with van der Waals surface area (Å²) in [5.41, 5.74) is 8.88. The third kappa shape index (κ3) is 4.75. The Morgan fingerprint density at radius 1 is 0.875 bits per heavy atom. The summed E-state index contributed by atoms with van der Waals surface area (Å²) in [6, 6.07) is 16.3. The van der Waals surface area contributed by atoms with Crippen molar-refractivity contribution in [2.24, 2.45) is 0 Å². The number of aliphatic hydroxyl groups excluding tert-OH is 4. The van der Waals surface area contributed by atoms with Crippen LogP contribution in [0.5, 0.6) is 5.75 Å². The van der Waals surface area contributed by atoms with E-state index in [0.29, 0.717) is 17.1 Å². The minimum absolute atomic E-state index is 0.141. The Balaban J connectivity index is 1.53. The number of nitrogen functional groups attached to an aromatic ring is 1. The van der Waals surface area contributed by atoms with Crippen molar-refractivity contribution in [3.05, 3.63) is 59.1 Å². The number of nitrogens with two attached hydrogens (primary N) is 1. The molecular weight excluding hydrogens is 482 g/mol. The second-order valence-electron chi connectivity index (χ2n) is 7.34. The van der Waals surface area contributed by atoms with E-state index in [-0.39, 0.29) is 5.95 Å². The molecule has 0 aliphatic carbocycles. The highest BCUT2D eigenvalue weighted by molar-refractivity contribution is 9.10. The molecule has 168 valence electrons. The smallest absolute Gasteiger partial charge is 0.229 e. The largest absolute Gasteiger partial charge is 0.462 e. The maximum absolute atomic E-state index is 10.1. The van der Waals surface area contributed by atoms with E-state index < -0.39 is 37.3 Å². The summed E-state index contributed by atoms with van der Waals surface area (Å²) in [5.74, 6) is 0.496. The summed E-state index contributed by atoms with van der Waals surface area (Å²) in [6.07, 6.45) is -6.73. The van der Waals surface area contributed by atoms with Gasteiger partial charge in [0.2, 0.25) is 12.2 Å². The SMILES string of the molecule is Nc1nc(-c2ccc(Br)cc2)cc(-c2ccc(OC3OC(CO)C(O)C(O)C3O)cc2)n1. The molecule has 4 rings (SSSR count). The average molecular weight is 504 g/mol. The van der Waals surface area contributed by atoms with Crippen LogP contribution in [-0.4, -0.2) is 67.7 Å². The summed E-state index contributed by atoms with van der Waals surface area (Å²) < 4.78 is 11.9. The molecule has 0 radical (unpaired) electrons. The lowest BCUT2D eigenvalue weighted by Gasteiger charge is -2.39. The van der Waals surface area contributed by atoms with Gasteiger partial charge in [-0.15, -0.1) is 0 Å². The van der Waals surface area contributed by atoms with Gasteiger partial charge in [0, 0.05) is 15.6 Å². The number of hydrogen-bond acceptors (Lipinski definition) is 9. The van der Waals surface area contributed by atoms with Crippen LogP contribution in [0.15, 0.2) is 59.1 Å². The first kappa shape index (κ1) is 22.6. The summed E-state index contributed by atoms with van der Waals surface area (Å²) in [7, 11) is 0. The molecular formula is C22H22BrN3O6. The number of aromatic nitrogens is 2. The fourth-order valence-electron chi connectivity index (χ4n) is 3.39. The molecule has 3 aromatic rings. The number of ether oxygens (including phenoxy) is 2. The molecule has 0 saturated carbocycles. The maximum atomic E-state index is 10.1. The predicted octanol–water partition coefficient (Wildman–Crippen LogP) is 1.33. The van der Waals surface area contributed by atoms with Crippen LogP contribution in [0.4, 0.5) is 5.95 Å². The number of rotatable bonds is 5. The van der Waals surface area contributed by atoms with Gasteiger partial charge in [-0.3, -0.25) is 0 Å². The molecule has 1 saturated heterocycles. The lowest BCUT2D eigenvalue weighted by molar-refractivity contribution is -0.277. The minimum Gasteiger partial charge on any atom is -0.462 e. The van der Waals surface area contributed by atoms with E-state index in [9.17, 15) is 20.4 Å². The molecule has 1 aliphatic rings. The Labute approximate surface area is 192 Å². The monoisotopic (exact) mass is 503 g/mol. The molecule has 0 amide bonds. The second kappa shape index (κ2) is 9.49. The zero-order valence-electron chi connectivity index (χ0n) is 16.7. The Bertz CT molecular complexity index is 1060. The van der Waals surface area contributed by atoms with Crippen molar-refractivity contribution in [1.29, 1.82) is 0 Å². The van der Waals surface area contributed by atoms with Crippen molar-refractivity contribution in [2.75, 3.05) is 12.3 Å². The van der Waals surface area contributed by atoms with E-state index >= 15 is 0 Å². The third-order valence-electron chi connectivity index (χ3n) is 5.13. The molecule has 32 heavy (non-hydrogen) atoms. The summed E-state index contributed by atoms with van der Waals surface area (Å²) >= 11 is 3.41. The fourth-order valence-corrected chi connectivity index (χ4v) is 3.65. The van der Waals surface area contributed by atoms with Crippen molar-refractivity contribution >= 4 is 21.9 Å². The summed E-state index contributed by atoms with van der Waals surface area (Å²) in [6.45, 7) is -0.528. The molecule has 1 aromatic heterocycles. The Morgan fingerprint density at radius 2 is 1.44 bits per heavy atom. The van der Waals surface area contributed by atoms with Crippen LogP contribution in [0.2, 0.25) is 0 Å². The van der Waals surface area contributed by atoms with Gasteiger partial charge in [-0.2, -0.15) is 0 Å². The number of anilines is 1. The molecule has 2 aromatic carbocycles. The minimum atomic E-state index is -1.51. The first-order valence-corrected chi connectivity index (χ1v) is 10.6. The lowest BCUT2D eigenvalue weighted by atomic mass is 9.99. The van der Waals surface area contributed by atoms with E-state index in [1.165, 1.54) is 0 Å². The third-order valence-corrected chi connectivity index (χ3v) is 5.66. The molecule has 1 fully saturated rings. The number of aliphatic hydroxyl groups is 4. The zero-order chi connectivity index (χ0) is 22.8. The van der Waals surface area contributed by atoms with E-state index in [1.807, 2.05) is 30.3 Å². The van der Waals surface area contributed by atoms with E-state index in [2.05, 4.69) is 25.9 Å². The summed E-state index contributed by atoms with van der Waals surface area (Å²) in [4.78, 5) is 8.62. The van der Waals surface area contributed by atoms with Crippen LogP contribution in [-0.2, 0) is 4.74 Å². The van der Waals surface area contributed by atoms with E-state index in [4.69, 9.17) is 15.2 Å². The standard InChI is InChI=1S/C22H22BrN3O6/c23-13-5-1-11(2-6-13)15-9-16(26-22(24)25-15)12-3-7-14(8-4-12)31-21-20(30)19(29)18(28)17(10-27)32-21/h1-9,17-21,27-30H,10H2,(H2,24,25,26). The van der Waals surface area contributed by atoms with Gasteiger partial charge < -0.3 is 35.6 Å². The van der Waals surface area contributed by atoms with Gasteiger partial charge in [-0.1, -0.05) is 28.1 Å². The van der Waals surface area contributed by atoms with Crippen LogP contribution in [0.25, 0.3) is 22.5 Å². The second-order valence-corrected chi connectivity index (χ2v) is 8.26. The van der Waals surface area contributed by atoms with Crippen LogP contribution in [0.1, 0.15) is 0 Å². The van der Waals surface area contributed by atoms with Gasteiger partial charge in [0.1, 0.15) is 30.2 Å². The number of nitrogens with zero attached hydrogens (tertiary/aromatic N) is 2. The van der Waals surface area contributed by atoms with Gasteiger partial charge in [0.25, 0.3) is 0 Å². The number of benzene rings is 2. The molecule has 10 heteroatoms. The van der Waals surface area contributed by atoms with E-state index in [0.717, 1.165) is 15.6 Å². The van der Waals surface area contributed by atoms with Gasteiger partial charge in [0.05, 0.1) is 18.0 Å². The van der Waals surface area contributed by atoms with E-state index in [1.54, 1.807) is 24.3 Å². The fraction of sp³-hybridized carbons (Fsp3) is 0.273. The van der Waals surface area contributed by atoms with Crippen molar-refractivity contribution in [3.63, 3.8) is 0 Å². The first-order valence-electron chi connectivity index (χ1n) is 9.84. The number of halogens is 1.